The third kappa shape index (κ3) is 1.18. The number of alkyl halides is 1. The fourth-order valence-corrected chi connectivity index (χ4v) is 2.82. The minimum atomic E-state index is 0.393. The molecule has 0 aliphatic heterocycles. The monoisotopic (exact) mass is 214 g/mol. The molecule has 3 rings (SSSR count). The van der Waals surface area contributed by atoms with Crippen molar-refractivity contribution in [3.8, 4) is 0 Å². The largest absolute Gasteiger partial charge is 0.0809 e. The smallest absolute Gasteiger partial charge is 0.0437 e. The van der Waals surface area contributed by atoms with Crippen molar-refractivity contribution in [3.63, 3.8) is 0 Å². The number of fused-ring (bicyclic) bond motifs is 2. The van der Waals surface area contributed by atoms with Gasteiger partial charge in [-0.05, 0) is 37.5 Å². The summed E-state index contributed by atoms with van der Waals surface area (Å²) in [6.07, 6.45) is 11.6. The van der Waals surface area contributed by atoms with Crippen molar-refractivity contribution < 1.29 is 0 Å². The molecule has 0 N–H and O–H groups in total. The summed E-state index contributed by atoms with van der Waals surface area (Å²) in [5.74, 6) is 0. The van der Waals surface area contributed by atoms with Gasteiger partial charge in [-0.15, -0.1) is 0 Å². The molecule has 0 radical (unpaired) electrons. The number of hydrogen-bond acceptors (Lipinski definition) is 0. The first-order chi connectivity index (χ1) is 5.18. The fourth-order valence-electron chi connectivity index (χ4n) is 2.29. The van der Waals surface area contributed by atoms with Crippen LogP contribution in [-0.2, 0) is 0 Å². The molecule has 0 saturated heterocycles. The van der Waals surface area contributed by atoms with E-state index in [-0.39, 0.29) is 0 Å². The van der Waals surface area contributed by atoms with Crippen molar-refractivity contribution in [2.45, 2.75) is 43.4 Å². The lowest BCUT2D eigenvalue weighted by Crippen LogP contribution is -2.37. The first-order valence-electron chi connectivity index (χ1n) is 4.57. The van der Waals surface area contributed by atoms with Crippen LogP contribution >= 0.6 is 15.9 Å². The summed E-state index contributed by atoms with van der Waals surface area (Å²) < 4.78 is 0.393. The zero-order valence-corrected chi connectivity index (χ0v) is 8.65. The maximum absolute atomic E-state index is 3.80. The van der Waals surface area contributed by atoms with Gasteiger partial charge in [-0.1, -0.05) is 35.0 Å². The molecule has 2 bridgehead atoms. The molecule has 11 heavy (non-hydrogen) atoms. The maximum Gasteiger partial charge on any atom is 0.0437 e. The molecule has 1 heteroatoms. The van der Waals surface area contributed by atoms with Crippen LogP contribution in [0.15, 0.2) is 12.2 Å². The average Bonchev–Trinajstić information content (AvgIpc) is 2.07. The molecule has 0 spiro atoms. The van der Waals surface area contributed by atoms with Crippen molar-refractivity contribution >= 4 is 15.9 Å². The third-order valence-corrected chi connectivity index (χ3v) is 4.57. The summed E-state index contributed by atoms with van der Waals surface area (Å²) in [4.78, 5) is 0. The number of hydrogen-bond donors (Lipinski definition) is 0. The molecule has 3 aliphatic rings. The van der Waals surface area contributed by atoms with Crippen LogP contribution in [0.5, 0.6) is 0 Å². The second-order valence-electron chi connectivity index (χ2n) is 4.08. The predicted octanol–water partition coefficient (Wildman–Crippen LogP) is 3.66. The van der Waals surface area contributed by atoms with Crippen molar-refractivity contribution in [2.75, 3.05) is 0 Å². The Morgan fingerprint density at radius 3 is 2.18 bits per heavy atom. The molecule has 62 valence electrons. The normalized spacial score (nSPS) is 48.2. The Morgan fingerprint density at radius 2 is 1.82 bits per heavy atom. The van der Waals surface area contributed by atoms with Crippen molar-refractivity contribution in [2.24, 2.45) is 5.41 Å². The topological polar surface area (TPSA) is 0 Å². The lowest BCUT2D eigenvalue weighted by Gasteiger charge is -2.46. The molecule has 1 saturated carbocycles. The first kappa shape index (κ1) is 7.85. The molecule has 3 aliphatic carbocycles. The highest BCUT2D eigenvalue weighted by atomic mass is 79.9. The lowest BCUT2D eigenvalue weighted by atomic mass is 9.64. The highest BCUT2D eigenvalue weighted by Gasteiger charge is 2.41. The summed E-state index contributed by atoms with van der Waals surface area (Å²) in [6, 6.07) is 0. The second-order valence-corrected chi connectivity index (χ2v) is 5.66. The Hall–Kier alpha value is 0.220. The zero-order chi connectivity index (χ0) is 7.95. The van der Waals surface area contributed by atoms with Crippen LogP contribution in [-0.4, -0.2) is 4.32 Å². The zero-order valence-electron chi connectivity index (χ0n) is 7.07. The number of allylic oxidation sites excluding steroid dienone is 2. The second kappa shape index (κ2) is 2.35. The van der Waals surface area contributed by atoms with E-state index >= 15 is 0 Å². The molecule has 0 nitrogen and oxygen atoms in total. The maximum atomic E-state index is 3.80. The van der Waals surface area contributed by atoms with E-state index in [4.69, 9.17) is 0 Å². The van der Waals surface area contributed by atoms with Crippen molar-refractivity contribution in [3.05, 3.63) is 12.2 Å². The molecular formula is C10H15Br. The standard InChI is InChI=1S/C10H15Br/c1-2-9-3-6-10(11,7-4-9)8-5-9/h3,6H,2,4-5,7-8H2,1H3. The van der Waals surface area contributed by atoms with Crippen LogP contribution in [0.25, 0.3) is 0 Å². The summed E-state index contributed by atoms with van der Waals surface area (Å²) in [5, 5.41) is 0. The summed E-state index contributed by atoms with van der Waals surface area (Å²) in [5.41, 5.74) is 0.593. The Labute approximate surface area is 77.2 Å². The summed E-state index contributed by atoms with van der Waals surface area (Å²) in [7, 11) is 0. The molecule has 0 aromatic carbocycles. The van der Waals surface area contributed by atoms with Gasteiger partial charge in [0.15, 0.2) is 0 Å². The Bertz CT molecular complexity index is 185. The van der Waals surface area contributed by atoms with E-state index in [1.165, 1.54) is 32.1 Å². The molecule has 0 aromatic rings. The number of halogens is 1. The number of rotatable bonds is 1. The van der Waals surface area contributed by atoms with Gasteiger partial charge in [0, 0.05) is 4.32 Å². The summed E-state index contributed by atoms with van der Waals surface area (Å²) >= 11 is 3.80. The van der Waals surface area contributed by atoms with E-state index in [1.54, 1.807) is 0 Å². The van der Waals surface area contributed by atoms with Crippen LogP contribution in [0.4, 0.5) is 0 Å². The highest BCUT2D eigenvalue weighted by molar-refractivity contribution is 9.10. The van der Waals surface area contributed by atoms with Gasteiger partial charge >= 0.3 is 0 Å². The predicted molar refractivity (Wildman–Crippen MR) is 52.0 cm³/mol. The van der Waals surface area contributed by atoms with Gasteiger partial charge in [-0.25, -0.2) is 0 Å². The molecule has 0 atom stereocenters. The van der Waals surface area contributed by atoms with E-state index in [9.17, 15) is 0 Å². The van der Waals surface area contributed by atoms with E-state index in [0.717, 1.165) is 0 Å². The molecular weight excluding hydrogens is 200 g/mol. The van der Waals surface area contributed by atoms with Gasteiger partial charge in [-0.3, -0.25) is 0 Å². The molecule has 1 fully saturated rings. The Balaban J connectivity index is 2.27. The van der Waals surface area contributed by atoms with Gasteiger partial charge in [-0.2, -0.15) is 0 Å². The van der Waals surface area contributed by atoms with Gasteiger partial charge in [0.25, 0.3) is 0 Å². The van der Waals surface area contributed by atoms with Crippen LogP contribution < -0.4 is 0 Å². The van der Waals surface area contributed by atoms with E-state index in [1.807, 2.05) is 0 Å². The van der Waals surface area contributed by atoms with Gasteiger partial charge in [0.2, 0.25) is 0 Å². The minimum absolute atomic E-state index is 0.393. The summed E-state index contributed by atoms with van der Waals surface area (Å²) in [6.45, 7) is 2.32. The van der Waals surface area contributed by atoms with Gasteiger partial charge in [0.05, 0.1) is 0 Å². The van der Waals surface area contributed by atoms with E-state index in [2.05, 4.69) is 35.0 Å². The van der Waals surface area contributed by atoms with Crippen LogP contribution in [0.3, 0.4) is 0 Å². The SMILES string of the molecule is CCC12C=CC(Br)(CC1)CC2. The quantitative estimate of drug-likeness (QED) is 0.462. The lowest BCUT2D eigenvalue weighted by molar-refractivity contribution is 0.213. The molecule has 0 heterocycles. The minimum Gasteiger partial charge on any atom is -0.0809 e. The van der Waals surface area contributed by atoms with Crippen LogP contribution in [0.1, 0.15) is 39.0 Å². The molecule has 0 amide bonds. The van der Waals surface area contributed by atoms with E-state index in [0.29, 0.717) is 9.74 Å². The van der Waals surface area contributed by atoms with Gasteiger partial charge < -0.3 is 0 Å². The van der Waals surface area contributed by atoms with Crippen LogP contribution in [0.2, 0.25) is 0 Å². The highest BCUT2D eigenvalue weighted by Crippen LogP contribution is 2.52. The Morgan fingerprint density at radius 1 is 1.18 bits per heavy atom. The average molecular weight is 215 g/mol. The molecule has 0 aromatic heterocycles. The molecule has 0 unspecified atom stereocenters. The van der Waals surface area contributed by atoms with Gasteiger partial charge in [0.1, 0.15) is 0 Å². The van der Waals surface area contributed by atoms with E-state index < -0.39 is 0 Å². The van der Waals surface area contributed by atoms with Crippen molar-refractivity contribution in [1.29, 1.82) is 0 Å². The van der Waals surface area contributed by atoms with Crippen molar-refractivity contribution in [1.82, 2.24) is 0 Å². The first-order valence-corrected chi connectivity index (χ1v) is 5.37. The Kier molecular flexibility index (Phi) is 1.68. The third-order valence-electron chi connectivity index (χ3n) is 3.52. The fraction of sp³-hybridized carbons (Fsp3) is 0.800. The van der Waals surface area contributed by atoms with Crippen LogP contribution in [0, 0.1) is 5.41 Å².